The number of nitrogens with two attached hydrogens (primary N) is 1. The van der Waals surface area contributed by atoms with Gasteiger partial charge < -0.3 is 14.8 Å². The monoisotopic (exact) mass is 439 g/mol. The fourth-order valence-electron chi connectivity index (χ4n) is 3.85. The van der Waals surface area contributed by atoms with Crippen molar-refractivity contribution in [3.8, 4) is 11.4 Å². The van der Waals surface area contributed by atoms with Crippen LogP contribution in [-0.4, -0.2) is 20.5 Å². The molecular weight excluding hydrogens is 398 g/mol. The summed E-state index contributed by atoms with van der Waals surface area (Å²) in [6, 6.07) is 8.59. The molecule has 0 aliphatic heterocycles. The summed E-state index contributed by atoms with van der Waals surface area (Å²) in [6.07, 6.45) is 13.6. The lowest BCUT2D eigenvalue weighted by atomic mass is 10.0. The van der Waals surface area contributed by atoms with E-state index >= 15 is 0 Å². The minimum atomic E-state index is 0.167. The first-order valence-electron chi connectivity index (χ1n) is 12.2. The zero-order valence-electron chi connectivity index (χ0n) is 20.4. The van der Waals surface area contributed by atoms with Gasteiger partial charge in [0, 0.05) is 35.1 Å². The summed E-state index contributed by atoms with van der Waals surface area (Å²) in [5.74, 6) is 1.95. The van der Waals surface area contributed by atoms with E-state index in [-0.39, 0.29) is 5.84 Å². The van der Waals surface area contributed by atoms with Crippen LogP contribution in [0.2, 0.25) is 0 Å². The molecule has 0 amide bonds. The number of rotatable bonds is 12. The van der Waals surface area contributed by atoms with Gasteiger partial charge >= 0.3 is 0 Å². The molecule has 2 aromatic heterocycles. The average molecular weight is 440 g/mol. The Hall–Kier alpha value is -2.63. The highest BCUT2D eigenvalue weighted by Gasteiger charge is 2.17. The van der Waals surface area contributed by atoms with E-state index in [1.807, 2.05) is 0 Å². The van der Waals surface area contributed by atoms with Crippen molar-refractivity contribution < 1.29 is 4.52 Å². The molecule has 1 atom stereocenters. The smallest absolute Gasteiger partial charge is 0.229 e. The van der Waals surface area contributed by atoms with E-state index in [0.717, 1.165) is 24.4 Å². The lowest BCUT2D eigenvalue weighted by molar-refractivity contribution is 0.351. The standard InChI is InChI=1S/C24H35N3O.C2H6N2/c1-4-6-8-9-10-11-17-27-18-16-20-21(14-12-15-22(20)27)23-25-24(28-26-23)19(3)13-7-5-2;1-2(3)4/h12,14-16,18-19H,4-11,13,17H2,1-3H3;1H3,(H3,3,4)/t19-;/m0./s1. The molecule has 3 aromatic rings. The normalized spacial score (nSPS) is 11.9. The number of aromatic nitrogens is 3. The Balaban J connectivity index is 0.000000837. The van der Waals surface area contributed by atoms with Gasteiger partial charge in [0.1, 0.15) is 0 Å². The second-order valence-corrected chi connectivity index (χ2v) is 8.70. The third-order valence-corrected chi connectivity index (χ3v) is 5.66. The molecule has 1 aromatic carbocycles. The number of amidine groups is 1. The molecule has 0 saturated carbocycles. The molecule has 0 fully saturated rings. The summed E-state index contributed by atoms with van der Waals surface area (Å²) >= 11 is 0. The van der Waals surface area contributed by atoms with Crippen LogP contribution in [0.15, 0.2) is 35.0 Å². The molecule has 2 heterocycles. The predicted molar refractivity (Wildman–Crippen MR) is 134 cm³/mol. The highest BCUT2D eigenvalue weighted by Crippen LogP contribution is 2.29. The first-order valence-corrected chi connectivity index (χ1v) is 12.2. The third kappa shape index (κ3) is 7.81. The second-order valence-electron chi connectivity index (χ2n) is 8.70. The molecule has 0 aliphatic rings. The summed E-state index contributed by atoms with van der Waals surface area (Å²) in [6.45, 7) is 9.25. The molecule has 3 N–H and O–H groups in total. The first kappa shape index (κ1) is 25.6. The number of nitrogens with zero attached hydrogens (tertiary/aromatic N) is 3. The maximum atomic E-state index is 6.28. The Kier molecular flexibility index (Phi) is 11.0. The Morgan fingerprint density at radius 2 is 1.75 bits per heavy atom. The molecule has 6 nitrogen and oxygen atoms in total. The maximum absolute atomic E-state index is 6.28. The molecule has 176 valence electrons. The van der Waals surface area contributed by atoms with Gasteiger partial charge in [-0.3, -0.25) is 5.41 Å². The molecule has 0 radical (unpaired) electrons. The third-order valence-electron chi connectivity index (χ3n) is 5.66. The van der Waals surface area contributed by atoms with Crippen molar-refractivity contribution in [2.75, 3.05) is 0 Å². The molecule has 0 aliphatic carbocycles. The van der Waals surface area contributed by atoms with Crippen LogP contribution in [0, 0.1) is 5.41 Å². The molecule has 0 spiro atoms. The summed E-state index contributed by atoms with van der Waals surface area (Å²) in [7, 11) is 0. The predicted octanol–water partition coefficient (Wildman–Crippen LogP) is 7.29. The van der Waals surface area contributed by atoms with Gasteiger partial charge in [0.25, 0.3) is 0 Å². The molecule has 3 rings (SSSR count). The van der Waals surface area contributed by atoms with E-state index in [9.17, 15) is 0 Å². The van der Waals surface area contributed by atoms with E-state index < -0.39 is 0 Å². The van der Waals surface area contributed by atoms with Crippen LogP contribution in [-0.2, 0) is 6.54 Å². The molecule has 6 heteroatoms. The Bertz CT molecular complexity index is 939. The van der Waals surface area contributed by atoms with E-state index in [4.69, 9.17) is 20.7 Å². The molecular formula is C26H41N5O. The molecule has 0 unspecified atom stereocenters. The van der Waals surface area contributed by atoms with Gasteiger partial charge in [-0.05, 0) is 31.9 Å². The van der Waals surface area contributed by atoms with Crippen LogP contribution in [0.3, 0.4) is 0 Å². The lowest BCUT2D eigenvalue weighted by Gasteiger charge is -2.06. The Morgan fingerprint density at radius 3 is 2.47 bits per heavy atom. The van der Waals surface area contributed by atoms with Gasteiger partial charge in [0.2, 0.25) is 11.7 Å². The average Bonchev–Trinajstić information content (AvgIpc) is 3.41. The molecule has 0 bridgehead atoms. The fraction of sp³-hybridized carbons (Fsp3) is 0.577. The zero-order valence-corrected chi connectivity index (χ0v) is 20.4. The van der Waals surface area contributed by atoms with Gasteiger partial charge in [0.15, 0.2) is 0 Å². The number of unbranched alkanes of at least 4 members (excludes halogenated alkanes) is 6. The number of fused-ring (bicyclic) bond motifs is 1. The highest BCUT2D eigenvalue weighted by molar-refractivity contribution is 5.93. The van der Waals surface area contributed by atoms with Crippen molar-refractivity contribution in [1.82, 2.24) is 14.7 Å². The van der Waals surface area contributed by atoms with Gasteiger partial charge in [-0.15, -0.1) is 0 Å². The zero-order chi connectivity index (χ0) is 23.3. The summed E-state index contributed by atoms with van der Waals surface area (Å²) in [5.41, 5.74) is 7.02. The quantitative estimate of drug-likeness (QED) is 0.176. The summed E-state index contributed by atoms with van der Waals surface area (Å²) in [4.78, 5) is 4.71. The number of aryl methyl sites for hydroxylation is 1. The summed E-state index contributed by atoms with van der Waals surface area (Å²) < 4.78 is 7.94. The largest absolute Gasteiger partial charge is 0.388 e. The van der Waals surface area contributed by atoms with Crippen LogP contribution in [0.4, 0.5) is 0 Å². The van der Waals surface area contributed by atoms with Gasteiger partial charge in [-0.25, -0.2) is 0 Å². The Morgan fingerprint density at radius 1 is 1.06 bits per heavy atom. The van der Waals surface area contributed by atoms with Crippen LogP contribution in [0.1, 0.15) is 97.3 Å². The van der Waals surface area contributed by atoms with Crippen molar-refractivity contribution in [3.63, 3.8) is 0 Å². The van der Waals surface area contributed by atoms with E-state index in [1.165, 1.54) is 69.2 Å². The van der Waals surface area contributed by atoms with Gasteiger partial charge in [-0.2, -0.15) is 4.98 Å². The van der Waals surface area contributed by atoms with Crippen LogP contribution >= 0.6 is 0 Å². The first-order chi connectivity index (χ1) is 15.5. The second kappa shape index (κ2) is 13.7. The number of benzene rings is 1. The highest BCUT2D eigenvalue weighted by atomic mass is 16.5. The van der Waals surface area contributed by atoms with Crippen molar-refractivity contribution in [2.24, 2.45) is 5.73 Å². The molecule has 0 saturated heterocycles. The fourth-order valence-corrected chi connectivity index (χ4v) is 3.85. The SMILES string of the molecule is CC(=N)N.CCCCCCCCn1ccc2c(-c3noc([C@@H](C)CCCC)n3)cccc21. The van der Waals surface area contributed by atoms with Crippen molar-refractivity contribution >= 4 is 16.7 Å². The maximum Gasteiger partial charge on any atom is 0.229 e. The van der Waals surface area contributed by atoms with E-state index in [2.05, 4.69) is 61.0 Å². The van der Waals surface area contributed by atoms with Gasteiger partial charge in [-0.1, -0.05) is 83.0 Å². The van der Waals surface area contributed by atoms with Crippen molar-refractivity contribution in [3.05, 3.63) is 36.4 Å². The topological polar surface area (TPSA) is 93.7 Å². The van der Waals surface area contributed by atoms with E-state index in [1.54, 1.807) is 0 Å². The Labute approximate surface area is 193 Å². The number of hydrogen-bond donors (Lipinski definition) is 2. The number of nitrogens with one attached hydrogen (secondary N) is 1. The van der Waals surface area contributed by atoms with Crippen LogP contribution in [0.25, 0.3) is 22.3 Å². The summed E-state index contributed by atoms with van der Waals surface area (Å²) in [5, 5.41) is 11.8. The van der Waals surface area contributed by atoms with Crippen molar-refractivity contribution in [2.45, 2.75) is 97.9 Å². The van der Waals surface area contributed by atoms with Crippen LogP contribution in [0.5, 0.6) is 0 Å². The minimum absolute atomic E-state index is 0.167. The van der Waals surface area contributed by atoms with Crippen molar-refractivity contribution in [1.29, 1.82) is 5.41 Å². The minimum Gasteiger partial charge on any atom is -0.388 e. The number of hydrogen-bond acceptors (Lipinski definition) is 4. The van der Waals surface area contributed by atoms with Crippen LogP contribution < -0.4 is 5.73 Å². The van der Waals surface area contributed by atoms with Gasteiger partial charge in [0.05, 0.1) is 5.84 Å². The van der Waals surface area contributed by atoms with E-state index in [0.29, 0.717) is 11.7 Å². The molecule has 32 heavy (non-hydrogen) atoms. The lowest BCUT2D eigenvalue weighted by Crippen LogP contribution is -2.00.